The molecule has 0 aromatic heterocycles. The van der Waals surface area contributed by atoms with Crippen molar-refractivity contribution in [2.75, 3.05) is 21.3 Å². The zero-order valence-corrected chi connectivity index (χ0v) is 14.6. The van der Waals surface area contributed by atoms with E-state index in [4.69, 9.17) is 15.3 Å². The Morgan fingerprint density at radius 2 is 1.42 bits per heavy atom. The second kappa shape index (κ2) is 7.75. The predicted molar refractivity (Wildman–Crippen MR) is 92.8 cm³/mol. The molecule has 26 heavy (non-hydrogen) atoms. The molecule has 138 valence electrons. The molecule has 3 N–H and O–H groups in total. The molecule has 0 saturated heterocycles. The number of carbonyl (C=O) groups is 2. The van der Waals surface area contributed by atoms with Crippen LogP contribution in [0.25, 0.3) is 0 Å². The molecular formula is C18H20N2O6. The van der Waals surface area contributed by atoms with Crippen LogP contribution < -0.4 is 15.3 Å². The van der Waals surface area contributed by atoms with E-state index in [9.17, 15) is 14.7 Å². The van der Waals surface area contributed by atoms with Gasteiger partial charge in [0.25, 0.3) is 0 Å². The zero-order valence-electron chi connectivity index (χ0n) is 14.6. The number of benzene rings is 2. The Hall–Kier alpha value is -3.26. The fraction of sp³-hybridized carbons (Fsp3) is 0.222. The number of hydrogen-bond donors (Lipinski definition) is 2. The fourth-order valence-corrected chi connectivity index (χ4v) is 2.73. The number of rotatable bonds is 6. The summed E-state index contributed by atoms with van der Waals surface area (Å²) >= 11 is 0. The van der Waals surface area contributed by atoms with Gasteiger partial charge in [-0.15, -0.1) is 0 Å². The highest BCUT2D eigenvalue weighted by Gasteiger charge is 2.50. The molecule has 2 aromatic rings. The second-order valence-electron chi connectivity index (χ2n) is 5.32. The van der Waals surface area contributed by atoms with E-state index >= 15 is 0 Å². The number of hydrogen-bond acceptors (Lipinski definition) is 6. The number of carboxylic acid groups (broad SMARTS) is 1. The van der Waals surface area contributed by atoms with Crippen molar-refractivity contribution in [2.45, 2.75) is 5.54 Å². The molecule has 0 heterocycles. The highest BCUT2D eigenvalue weighted by molar-refractivity contribution is 5.90. The van der Waals surface area contributed by atoms with Crippen molar-refractivity contribution in [1.29, 1.82) is 0 Å². The van der Waals surface area contributed by atoms with E-state index < -0.39 is 17.6 Å². The van der Waals surface area contributed by atoms with Gasteiger partial charge in [-0.05, 0) is 35.4 Å². The van der Waals surface area contributed by atoms with Crippen molar-refractivity contribution >= 4 is 12.1 Å². The van der Waals surface area contributed by atoms with E-state index in [-0.39, 0.29) is 11.1 Å². The van der Waals surface area contributed by atoms with Gasteiger partial charge in [-0.1, -0.05) is 24.3 Å². The van der Waals surface area contributed by atoms with Gasteiger partial charge in [-0.3, -0.25) is 0 Å². The first-order valence-electron chi connectivity index (χ1n) is 7.57. The maximum atomic E-state index is 12.5. The minimum absolute atomic E-state index is 0.213. The quantitative estimate of drug-likeness (QED) is 0.460. The SMILES string of the molecule is COC(=O)N(N)C(C(=O)O)(c1cccc(OC)c1)c1cccc(OC)c1. The van der Waals surface area contributed by atoms with Crippen molar-refractivity contribution in [2.24, 2.45) is 5.84 Å². The summed E-state index contributed by atoms with van der Waals surface area (Å²) in [5.74, 6) is 5.41. The van der Waals surface area contributed by atoms with Crippen LogP contribution in [-0.4, -0.2) is 43.5 Å². The molecular weight excluding hydrogens is 340 g/mol. The molecule has 0 bridgehead atoms. The molecule has 2 aromatic carbocycles. The summed E-state index contributed by atoms with van der Waals surface area (Å²) in [6, 6.07) is 12.6. The monoisotopic (exact) mass is 360 g/mol. The molecule has 0 atom stereocenters. The molecule has 0 aliphatic heterocycles. The molecule has 0 unspecified atom stereocenters. The first-order chi connectivity index (χ1) is 12.4. The minimum Gasteiger partial charge on any atom is -0.497 e. The predicted octanol–water partition coefficient (Wildman–Crippen LogP) is 1.97. The number of hydrazine groups is 1. The van der Waals surface area contributed by atoms with Crippen LogP contribution in [0.4, 0.5) is 4.79 Å². The number of methoxy groups -OCH3 is 3. The molecule has 2 rings (SSSR count). The van der Waals surface area contributed by atoms with Gasteiger partial charge in [0.15, 0.2) is 0 Å². The molecule has 8 nitrogen and oxygen atoms in total. The van der Waals surface area contributed by atoms with E-state index in [0.717, 1.165) is 7.11 Å². The maximum absolute atomic E-state index is 12.5. The largest absolute Gasteiger partial charge is 0.497 e. The summed E-state index contributed by atoms with van der Waals surface area (Å²) < 4.78 is 15.0. The number of aliphatic carboxylic acids is 1. The normalized spacial score (nSPS) is 10.8. The molecule has 8 heteroatoms. The number of amides is 1. The summed E-state index contributed by atoms with van der Waals surface area (Å²) in [4.78, 5) is 24.6. The Labute approximate surface area is 150 Å². The first kappa shape index (κ1) is 19.1. The molecule has 0 aliphatic rings. The van der Waals surface area contributed by atoms with Gasteiger partial charge in [0.2, 0.25) is 5.54 Å². The van der Waals surface area contributed by atoms with Gasteiger partial charge >= 0.3 is 12.1 Å². The highest BCUT2D eigenvalue weighted by atomic mass is 16.5. The number of nitrogens with zero attached hydrogens (tertiary/aromatic N) is 1. The van der Waals surface area contributed by atoms with Gasteiger partial charge in [0.1, 0.15) is 11.5 Å². The summed E-state index contributed by atoms with van der Waals surface area (Å²) in [6.45, 7) is 0. The van der Waals surface area contributed by atoms with Crippen molar-refractivity contribution in [3.05, 3.63) is 59.7 Å². The lowest BCUT2D eigenvalue weighted by molar-refractivity contribution is -0.148. The van der Waals surface area contributed by atoms with Crippen molar-refractivity contribution in [1.82, 2.24) is 5.01 Å². The van der Waals surface area contributed by atoms with Crippen LogP contribution >= 0.6 is 0 Å². The zero-order chi connectivity index (χ0) is 19.3. The fourth-order valence-electron chi connectivity index (χ4n) is 2.73. The molecule has 0 radical (unpaired) electrons. The van der Waals surface area contributed by atoms with Crippen molar-refractivity contribution in [3.8, 4) is 11.5 Å². The summed E-state index contributed by atoms with van der Waals surface area (Å²) in [6.07, 6.45) is -1.02. The van der Waals surface area contributed by atoms with E-state index in [1.165, 1.54) is 26.4 Å². The van der Waals surface area contributed by atoms with E-state index in [0.29, 0.717) is 16.5 Å². The van der Waals surface area contributed by atoms with Gasteiger partial charge in [0, 0.05) is 0 Å². The van der Waals surface area contributed by atoms with Crippen LogP contribution in [-0.2, 0) is 15.1 Å². The van der Waals surface area contributed by atoms with Crippen LogP contribution in [0.5, 0.6) is 11.5 Å². The molecule has 0 saturated carbocycles. The average molecular weight is 360 g/mol. The highest BCUT2D eigenvalue weighted by Crippen LogP contribution is 2.38. The van der Waals surface area contributed by atoms with E-state index in [1.54, 1.807) is 36.4 Å². The standard InChI is InChI=1S/C18H20N2O6/c1-24-14-8-4-6-12(10-14)18(16(21)22,20(19)17(23)26-3)13-7-5-9-15(11-13)25-2/h4-11H,19H2,1-3H3,(H,21,22). The van der Waals surface area contributed by atoms with Gasteiger partial charge in [-0.25, -0.2) is 20.4 Å². The maximum Gasteiger partial charge on any atom is 0.425 e. The molecule has 1 amide bonds. The first-order valence-corrected chi connectivity index (χ1v) is 7.57. The topological polar surface area (TPSA) is 111 Å². The Bertz CT molecular complexity index is 760. The molecule has 0 fully saturated rings. The van der Waals surface area contributed by atoms with Crippen LogP contribution in [0, 0.1) is 0 Å². The van der Waals surface area contributed by atoms with Gasteiger partial charge in [-0.2, -0.15) is 0 Å². The van der Waals surface area contributed by atoms with Crippen molar-refractivity contribution in [3.63, 3.8) is 0 Å². The Balaban J connectivity index is 2.84. The van der Waals surface area contributed by atoms with Crippen LogP contribution in [0.1, 0.15) is 11.1 Å². The lowest BCUT2D eigenvalue weighted by Gasteiger charge is -2.37. The third kappa shape index (κ3) is 3.14. The Morgan fingerprint density at radius 1 is 0.962 bits per heavy atom. The van der Waals surface area contributed by atoms with Crippen LogP contribution in [0.2, 0.25) is 0 Å². The second-order valence-corrected chi connectivity index (χ2v) is 5.32. The van der Waals surface area contributed by atoms with Gasteiger partial charge < -0.3 is 19.3 Å². The summed E-state index contributed by atoms with van der Waals surface area (Å²) in [7, 11) is 4.02. The lowest BCUT2D eigenvalue weighted by atomic mass is 9.82. The van der Waals surface area contributed by atoms with Crippen LogP contribution in [0.15, 0.2) is 48.5 Å². The van der Waals surface area contributed by atoms with Crippen molar-refractivity contribution < 1.29 is 28.9 Å². The average Bonchev–Trinajstić information content (AvgIpc) is 2.67. The number of carboxylic acids is 1. The summed E-state index contributed by atoms with van der Waals surface area (Å²) in [5.41, 5.74) is -1.63. The molecule has 0 aliphatic carbocycles. The molecule has 0 spiro atoms. The third-order valence-corrected chi connectivity index (χ3v) is 4.02. The van der Waals surface area contributed by atoms with Crippen LogP contribution in [0.3, 0.4) is 0 Å². The minimum atomic E-state index is -2.06. The number of nitrogens with two attached hydrogens (primary N) is 1. The smallest absolute Gasteiger partial charge is 0.425 e. The van der Waals surface area contributed by atoms with Gasteiger partial charge in [0.05, 0.1) is 21.3 Å². The Morgan fingerprint density at radius 3 is 1.77 bits per heavy atom. The van der Waals surface area contributed by atoms with E-state index in [1.807, 2.05) is 0 Å². The number of ether oxygens (including phenoxy) is 3. The summed E-state index contributed by atoms with van der Waals surface area (Å²) in [5, 5.41) is 10.7. The Kier molecular flexibility index (Phi) is 5.68. The third-order valence-electron chi connectivity index (χ3n) is 4.02. The number of carbonyl (C=O) groups excluding carboxylic acids is 1. The van der Waals surface area contributed by atoms with E-state index in [2.05, 4.69) is 4.74 Å². The lowest BCUT2D eigenvalue weighted by Crippen LogP contribution is -2.58.